The summed E-state index contributed by atoms with van der Waals surface area (Å²) in [5, 5.41) is 8.91. The second kappa shape index (κ2) is 7.46. The molecule has 0 aliphatic heterocycles. The fourth-order valence-electron chi connectivity index (χ4n) is 1.64. The number of hydrogen-bond donors (Lipinski definition) is 0. The molecule has 0 unspecified atom stereocenters. The number of carbonyl (C=O) groups is 1. The molecule has 4 nitrogen and oxygen atoms in total. The third-order valence-corrected chi connectivity index (χ3v) is 3.47. The summed E-state index contributed by atoms with van der Waals surface area (Å²) in [6.07, 6.45) is 0. The Kier molecular flexibility index (Phi) is 5.35. The lowest BCUT2D eigenvalue weighted by molar-refractivity contribution is -0.147. The van der Waals surface area contributed by atoms with Crippen LogP contribution >= 0.6 is 15.9 Å². The van der Waals surface area contributed by atoms with Crippen molar-refractivity contribution in [3.05, 3.63) is 64.1 Å². The standard InChI is InChI=1S/C16H12BrNO3/c17-14-7-3-1-6-13(14)10-21-16(19)11-20-15-8-4-2-5-12(15)9-18/h1-8H,10-11H2. The molecule has 0 aliphatic carbocycles. The van der Waals surface area contributed by atoms with Crippen LogP contribution < -0.4 is 4.74 Å². The molecule has 0 saturated heterocycles. The molecule has 0 atom stereocenters. The molecule has 0 saturated carbocycles. The number of ether oxygens (including phenoxy) is 2. The van der Waals surface area contributed by atoms with E-state index in [4.69, 9.17) is 14.7 Å². The Hall–Kier alpha value is -2.32. The molecule has 106 valence electrons. The fourth-order valence-corrected chi connectivity index (χ4v) is 2.04. The van der Waals surface area contributed by atoms with Gasteiger partial charge in [-0.05, 0) is 18.2 Å². The van der Waals surface area contributed by atoms with Crippen LogP contribution in [0.25, 0.3) is 0 Å². The summed E-state index contributed by atoms with van der Waals surface area (Å²) in [5.41, 5.74) is 1.26. The molecule has 0 aliphatic rings. The third-order valence-electron chi connectivity index (χ3n) is 2.70. The number of nitriles is 1. The second-order valence-corrected chi connectivity index (χ2v) is 5.00. The van der Waals surface area contributed by atoms with E-state index >= 15 is 0 Å². The first-order valence-corrected chi connectivity index (χ1v) is 7.01. The number of halogens is 1. The summed E-state index contributed by atoms with van der Waals surface area (Å²) >= 11 is 3.38. The smallest absolute Gasteiger partial charge is 0.344 e. The van der Waals surface area contributed by atoms with Crippen molar-refractivity contribution in [2.75, 3.05) is 6.61 Å². The Balaban J connectivity index is 1.86. The molecule has 0 bridgehead atoms. The number of para-hydroxylation sites is 1. The molecule has 0 heterocycles. The maximum atomic E-state index is 11.7. The van der Waals surface area contributed by atoms with Crippen LogP contribution in [-0.2, 0) is 16.1 Å². The van der Waals surface area contributed by atoms with Crippen LogP contribution in [0, 0.1) is 11.3 Å². The number of esters is 1. The molecule has 2 rings (SSSR count). The highest BCUT2D eigenvalue weighted by molar-refractivity contribution is 9.10. The van der Waals surface area contributed by atoms with E-state index in [0.29, 0.717) is 11.3 Å². The predicted molar refractivity (Wildman–Crippen MR) is 80.6 cm³/mol. The van der Waals surface area contributed by atoms with Gasteiger partial charge in [0.25, 0.3) is 0 Å². The van der Waals surface area contributed by atoms with E-state index < -0.39 is 5.97 Å². The van der Waals surface area contributed by atoms with E-state index in [1.807, 2.05) is 30.3 Å². The van der Waals surface area contributed by atoms with Gasteiger partial charge in [0.05, 0.1) is 5.56 Å². The van der Waals surface area contributed by atoms with Crippen molar-refractivity contribution in [3.63, 3.8) is 0 Å². The highest BCUT2D eigenvalue weighted by atomic mass is 79.9. The van der Waals surface area contributed by atoms with Crippen molar-refractivity contribution < 1.29 is 14.3 Å². The average molecular weight is 346 g/mol. The minimum atomic E-state index is -0.488. The molecular weight excluding hydrogens is 334 g/mol. The van der Waals surface area contributed by atoms with Crippen molar-refractivity contribution in [1.29, 1.82) is 5.26 Å². The molecule has 0 N–H and O–H groups in total. The van der Waals surface area contributed by atoms with Gasteiger partial charge in [-0.25, -0.2) is 4.79 Å². The highest BCUT2D eigenvalue weighted by Crippen LogP contribution is 2.18. The fraction of sp³-hybridized carbons (Fsp3) is 0.125. The highest BCUT2D eigenvalue weighted by Gasteiger charge is 2.08. The van der Waals surface area contributed by atoms with Crippen LogP contribution in [0.1, 0.15) is 11.1 Å². The van der Waals surface area contributed by atoms with E-state index in [2.05, 4.69) is 15.9 Å². The quantitative estimate of drug-likeness (QED) is 0.778. The van der Waals surface area contributed by atoms with Crippen molar-refractivity contribution in [2.24, 2.45) is 0 Å². The van der Waals surface area contributed by atoms with Crippen LogP contribution in [0.15, 0.2) is 53.0 Å². The number of carbonyl (C=O) groups excluding carboxylic acids is 1. The lowest BCUT2D eigenvalue weighted by Crippen LogP contribution is -2.15. The van der Waals surface area contributed by atoms with Crippen LogP contribution in [0.2, 0.25) is 0 Å². The zero-order valence-corrected chi connectivity index (χ0v) is 12.7. The summed E-state index contributed by atoms with van der Waals surface area (Å²) in [6.45, 7) is -0.0628. The molecule has 5 heteroatoms. The van der Waals surface area contributed by atoms with Gasteiger partial charge in [0, 0.05) is 10.0 Å². The SMILES string of the molecule is N#Cc1ccccc1OCC(=O)OCc1ccccc1Br. The normalized spacial score (nSPS) is 9.71. The summed E-state index contributed by atoms with van der Waals surface area (Å²) in [4.78, 5) is 11.7. The van der Waals surface area contributed by atoms with Crippen LogP contribution in [0.5, 0.6) is 5.75 Å². The van der Waals surface area contributed by atoms with Gasteiger partial charge in [-0.2, -0.15) is 5.26 Å². The first kappa shape index (κ1) is 15.1. The summed E-state index contributed by atoms with van der Waals surface area (Å²) in [7, 11) is 0. The maximum Gasteiger partial charge on any atom is 0.344 e. The Morgan fingerprint density at radius 3 is 2.62 bits per heavy atom. The molecule has 0 aromatic heterocycles. The summed E-state index contributed by atoms with van der Waals surface area (Å²) in [6, 6.07) is 16.2. The molecule has 0 fully saturated rings. The van der Waals surface area contributed by atoms with Crippen molar-refractivity contribution >= 4 is 21.9 Å². The third kappa shape index (κ3) is 4.33. The second-order valence-electron chi connectivity index (χ2n) is 4.15. The molecule has 0 radical (unpaired) electrons. The zero-order chi connectivity index (χ0) is 15.1. The van der Waals surface area contributed by atoms with Crippen LogP contribution in [0.4, 0.5) is 0 Å². The van der Waals surface area contributed by atoms with Gasteiger partial charge in [-0.3, -0.25) is 0 Å². The summed E-state index contributed by atoms with van der Waals surface area (Å²) < 4.78 is 11.3. The van der Waals surface area contributed by atoms with E-state index in [0.717, 1.165) is 10.0 Å². The monoisotopic (exact) mass is 345 g/mol. The van der Waals surface area contributed by atoms with Gasteiger partial charge in [0.1, 0.15) is 18.4 Å². The van der Waals surface area contributed by atoms with Gasteiger partial charge in [0.2, 0.25) is 0 Å². The molecular formula is C16H12BrNO3. The average Bonchev–Trinajstić information content (AvgIpc) is 2.52. The molecule has 0 spiro atoms. The Labute approximate surface area is 131 Å². The largest absolute Gasteiger partial charge is 0.481 e. The first-order valence-electron chi connectivity index (χ1n) is 6.21. The Morgan fingerprint density at radius 2 is 1.86 bits per heavy atom. The van der Waals surface area contributed by atoms with E-state index in [1.165, 1.54) is 0 Å². The zero-order valence-electron chi connectivity index (χ0n) is 11.1. The Bertz CT molecular complexity index is 679. The minimum Gasteiger partial charge on any atom is -0.481 e. The topological polar surface area (TPSA) is 59.3 Å². The number of nitrogens with zero attached hydrogens (tertiary/aromatic N) is 1. The van der Waals surface area contributed by atoms with E-state index in [-0.39, 0.29) is 13.2 Å². The first-order chi connectivity index (χ1) is 10.2. The van der Waals surface area contributed by atoms with Crippen LogP contribution in [0.3, 0.4) is 0 Å². The minimum absolute atomic E-state index is 0.170. The molecule has 2 aromatic carbocycles. The number of benzene rings is 2. The van der Waals surface area contributed by atoms with Crippen molar-refractivity contribution in [1.82, 2.24) is 0 Å². The molecule has 21 heavy (non-hydrogen) atoms. The van der Waals surface area contributed by atoms with E-state index in [9.17, 15) is 4.79 Å². The van der Waals surface area contributed by atoms with Crippen molar-refractivity contribution in [3.8, 4) is 11.8 Å². The van der Waals surface area contributed by atoms with Gasteiger partial charge in [-0.1, -0.05) is 46.3 Å². The maximum absolute atomic E-state index is 11.7. The van der Waals surface area contributed by atoms with Gasteiger partial charge in [0.15, 0.2) is 6.61 Å². The van der Waals surface area contributed by atoms with Crippen LogP contribution in [-0.4, -0.2) is 12.6 Å². The predicted octanol–water partition coefficient (Wildman–Crippen LogP) is 3.44. The van der Waals surface area contributed by atoms with Gasteiger partial charge < -0.3 is 9.47 Å². The van der Waals surface area contributed by atoms with Gasteiger partial charge in [-0.15, -0.1) is 0 Å². The van der Waals surface area contributed by atoms with Crippen molar-refractivity contribution in [2.45, 2.75) is 6.61 Å². The molecule has 0 amide bonds. The number of hydrogen-bond acceptors (Lipinski definition) is 4. The number of rotatable bonds is 5. The van der Waals surface area contributed by atoms with E-state index in [1.54, 1.807) is 24.3 Å². The summed E-state index contributed by atoms with van der Waals surface area (Å²) in [5.74, 6) is -0.115. The molecule has 2 aromatic rings. The Morgan fingerprint density at radius 1 is 1.14 bits per heavy atom. The lowest BCUT2D eigenvalue weighted by Gasteiger charge is -2.09. The van der Waals surface area contributed by atoms with Gasteiger partial charge >= 0.3 is 5.97 Å². The lowest BCUT2D eigenvalue weighted by atomic mass is 10.2.